The van der Waals surface area contributed by atoms with E-state index in [1.54, 1.807) is 6.92 Å². The van der Waals surface area contributed by atoms with Crippen molar-refractivity contribution in [1.82, 2.24) is 20.4 Å². The fourth-order valence-corrected chi connectivity index (χ4v) is 2.38. The summed E-state index contributed by atoms with van der Waals surface area (Å²) in [6, 6.07) is -0.973. The minimum atomic E-state index is -0.491. The van der Waals surface area contributed by atoms with Crippen LogP contribution in [0, 0.1) is 12.8 Å². The fourth-order valence-electron chi connectivity index (χ4n) is 2.38. The molecule has 2 rings (SSSR count). The van der Waals surface area contributed by atoms with Gasteiger partial charge in [-0.1, -0.05) is 25.9 Å². The third-order valence-corrected chi connectivity index (χ3v) is 3.45. The Balaban J connectivity index is 2.24. The molecule has 0 aliphatic carbocycles. The predicted octanol–water partition coefficient (Wildman–Crippen LogP) is 0.640. The molecule has 2 heterocycles. The molecule has 2 unspecified atom stereocenters. The predicted molar refractivity (Wildman–Crippen MR) is 70.4 cm³/mol. The molecule has 0 saturated carbocycles. The summed E-state index contributed by atoms with van der Waals surface area (Å²) < 4.78 is 5.05. The molecule has 1 aromatic heterocycles. The first-order valence-electron chi connectivity index (χ1n) is 6.84. The van der Waals surface area contributed by atoms with Gasteiger partial charge in [0.05, 0.1) is 0 Å². The third-order valence-electron chi connectivity index (χ3n) is 3.45. The number of carbonyl (C=O) groups is 2. The van der Waals surface area contributed by atoms with E-state index in [0.717, 1.165) is 0 Å². The number of piperazine rings is 1. The second kappa shape index (κ2) is 5.60. The maximum absolute atomic E-state index is 12.5. The number of carbonyl (C=O) groups excluding carboxylic acids is 2. The quantitative estimate of drug-likeness (QED) is 0.874. The van der Waals surface area contributed by atoms with E-state index in [0.29, 0.717) is 18.1 Å². The highest BCUT2D eigenvalue weighted by atomic mass is 16.5. The lowest BCUT2D eigenvalue weighted by Crippen LogP contribution is -2.64. The first-order valence-corrected chi connectivity index (χ1v) is 6.84. The smallest absolute Gasteiger partial charge is 0.246 e. The van der Waals surface area contributed by atoms with E-state index in [1.165, 1.54) is 4.90 Å². The van der Waals surface area contributed by atoms with Crippen LogP contribution in [0.4, 0.5) is 0 Å². The van der Waals surface area contributed by atoms with E-state index in [2.05, 4.69) is 15.5 Å². The van der Waals surface area contributed by atoms with Crippen LogP contribution in [0.3, 0.4) is 0 Å². The van der Waals surface area contributed by atoms with Gasteiger partial charge in [0, 0.05) is 0 Å². The largest absolute Gasteiger partial charge is 0.342 e. The van der Waals surface area contributed by atoms with Crippen LogP contribution < -0.4 is 5.32 Å². The molecule has 20 heavy (non-hydrogen) atoms. The molecule has 0 aromatic carbocycles. The maximum atomic E-state index is 12.5. The summed E-state index contributed by atoms with van der Waals surface area (Å²) in [6.07, 6.45) is 0.551. The Bertz CT molecular complexity index is 511. The molecular weight excluding hydrogens is 260 g/mol. The molecule has 2 atom stereocenters. The first-order chi connectivity index (χ1) is 9.43. The van der Waals surface area contributed by atoms with Crippen LogP contribution in [0.15, 0.2) is 4.52 Å². The van der Waals surface area contributed by atoms with Crippen LogP contribution in [0.5, 0.6) is 0 Å². The van der Waals surface area contributed by atoms with Gasteiger partial charge >= 0.3 is 0 Å². The highest BCUT2D eigenvalue weighted by molar-refractivity contribution is 5.97. The highest BCUT2D eigenvalue weighted by Gasteiger charge is 2.41. The average Bonchev–Trinajstić information content (AvgIpc) is 2.79. The van der Waals surface area contributed by atoms with E-state index in [4.69, 9.17) is 4.52 Å². The molecule has 1 saturated heterocycles. The molecule has 1 aromatic rings. The number of nitrogens with one attached hydrogen (secondary N) is 1. The zero-order valence-corrected chi connectivity index (χ0v) is 12.2. The zero-order chi connectivity index (χ0) is 14.9. The van der Waals surface area contributed by atoms with Gasteiger partial charge in [-0.15, -0.1) is 0 Å². The molecule has 2 amide bonds. The van der Waals surface area contributed by atoms with Gasteiger partial charge in [-0.3, -0.25) is 9.59 Å². The average molecular weight is 280 g/mol. The van der Waals surface area contributed by atoms with Gasteiger partial charge in [0.15, 0.2) is 5.82 Å². The number of aromatic nitrogens is 2. The Morgan fingerprint density at radius 2 is 2.10 bits per heavy atom. The van der Waals surface area contributed by atoms with Crippen LogP contribution >= 0.6 is 0 Å². The summed E-state index contributed by atoms with van der Waals surface area (Å²) in [7, 11) is 0. The van der Waals surface area contributed by atoms with Crippen molar-refractivity contribution in [2.75, 3.05) is 0 Å². The summed E-state index contributed by atoms with van der Waals surface area (Å²) >= 11 is 0. The van der Waals surface area contributed by atoms with Gasteiger partial charge in [0.25, 0.3) is 0 Å². The number of aryl methyl sites for hydroxylation is 1. The van der Waals surface area contributed by atoms with Crippen molar-refractivity contribution in [3.63, 3.8) is 0 Å². The Morgan fingerprint density at radius 3 is 2.60 bits per heavy atom. The Morgan fingerprint density at radius 1 is 1.40 bits per heavy atom. The number of hydrogen-bond donors (Lipinski definition) is 1. The topological polar surface area (TPSA) is 88.3 Å². The summed E-state index contributed by atoms with van der Waals surface area (Å²) in [5, 5.41) is 6.50. The molecular formula is C13H20N4O3. The fraction of sp³-hybridized carbons (Fsp3) is 0.692. The zero-order valence-electron chi connectivity index (χ0n) is 12.2. The van der Waals surface area contributed by atoms with E-state index in [1.807, 2.05) is 20.8 Å². The van der Waals surface area contributed by atoms with Gasteiger partial charge in [0.1, 0.15) is 18.6 Å². The van der Waals surface area contributed by atoms with Gasteiger partial charge in [-0.05, 0) is 19.3 Å². The van der Waals surface area contributed by atoms with Gasteiger partial charge in [0.2, 0.25) is 17.7 Å². The van der Waals surface area contributed by atoms with Crippen LogP contribution in [0.25, 0.3) is 0 Å². The summed E-state index contributed by atoms with van der Waals surface area (Å²) in [4.78, 5) is 30.3. The molecule has 7 heteroatoms. The van der Waals surface area contributed by atoms with Crippen LogP contribution in [0.1, 0.15) is 38.9 Å². The van der Waals surface area contributed by atoms with E-state index >= 15 is 0 Å². The van der Waals surface area contributed by atoms with Crippen molar-refractivity contribution >= 4 is 11.8 Å². The Labute approximate surface area is 117 Å². The van der Waals surface area contributed by atoms with Crippen molar-refractivity contribution in [1.29, 1.82) is 0 Å². The molecule has 7 nitrogen and oxygen atoms in total. The van der Waals surface area contributed by atoms with E-state index in [9.17, 15) is 9.59 Å². The summed E-state index contributed by atoms with van der Waals surface area (Å²) in [6.45, 7) is 7.58. The molecule has 1 fully saturated rings. The maximum Gasteiger partial charge on any atom is 0.246 e. The van der Waals surface area contributed by atoms with Crippen molar-refractivity contribution in [3.05, 3.63) is 11.7 Å². The van der Waals surface area contributed by atoms with Crippen LogP contribution in [-0.2, 0) is 16.1 Å². The highest BCUT2D eigenvalue weighted by Crippen LogP contribution is 2.19. The molecule has 1 N–H and O–H groups in total. The van der Waals surface area contributed by atoms with Crippen molar-refractivity contribution in [2.24, 2.45) is 5.92 Å². The monoisotopic (exact) mass is 280 g/mol. The summed E-state index contributed by atoms with van der Waals surface area (Å²) in [5.41, 5.74) is 0. The Hall–Kier alpha value is -1.92. The lowest BCUT2D eigenvalue weighted by molar-refractivity contribution is -0.151. The second-order valence-electron chi connectivity index (χ2n) is 5.36. The van der Waals surface area contributed by atoms with Gasteiger partial charge < -0.3 is 14.7 Å². The molecule has 0 radical (unpaired) electrons. The summed E-state index contributed by atoms with van der Waals surface area (Å²) in [5.74, 6) is 0.689. The van der Waals surface area contributed by atoms with Crippen LogP contribution in [-0.4, -0.2) is 38.9 Å². The minimum absolute atomic E-state index is 0.0381. The first kappa shape index (κ1) is 14.5. The van der Waals surface area contributed by atoms with Crippen LogP contribution in [0.2, 0.25) is 0 Å². The molecule has 1 aliphatic rings. The minimum Gasteiger partial charge on any atom is -0.342 e. The van der Waals surface area contributed by atoms with Crippen molar-refractivity contribution < 1.29 is 14.1 Å². The molecule has 0 spiro atoms. The van der Waals surface area contributed by atoms with Crippen molar-refractivity contribution in [3.8, 4) is 0 Å². The molecule has 110 valence electrons. The lowest BCUT2D eigenvalue weighted by Gasteiger charge is -2.39. The lowest BCUT2D eigenvalue weighted by atomic mass is 9.97. The number of rotatable bonds is 4. The number of amides is 2. The van der Waals surface area contributed by atoms with Crippen molar-refractivity contribution in [2.45, 2.75) is 52.7 Å². The number of nitrogens with zero attached hydrogens (tertiary/aromatic N) is 3. The normalized spacial score (nSPS) is 23.4. The SMILES string of the molecule is CCC1C(=O)NC(C(C)C)C(=O)N1Cc1nc(C)no1. The standard InChI is InChI=1S/C13H20N4O3/c1-5-9-12(18)15-11(7(2)3)13(19)17(9)6-10-14-8(4)16-20-10/h7,9,11H,5-6H2,1-4H3,(H,15,18). The van der Waals surface area contributed by atoms with E-state index in [-0.39, 0.29) is 24.3 Å². The molecule has 1 aliphatic heterocycles. The van der Waals surface area contributed by atoms with Gasteiger partial charge in [-0.2, -0.15) is 4.98 Å². The number of hydrogen-bond acceptors (Lipinski definition) is 5. The Kier molecular flexibility index (Phi) is 4.06. The third kappa shape index (κ3) is 2.66. The molecule has 0 bridgehead atoms. The van der Waals surface area contributed by atoms with Gasteiger partial charge in [-0.25, -0.2) is 0 Å². The second-order valence-corrected chi connectivity index (χ2v) is 5.36. The van der Waals surface area contributed by atoms with E-state index < -0.39 is 12.1 Å².